The number of imidazole rings is 1. The molecule has 2 N–H and O–H groups in total. The number of ether oxygens (including phenoxy) is 1. The molecule has 0 radical (unpaired) electrons. The van der Waals surface area contributed by atoms with Gasteiger partial charge in [0.25, 0.3) is 0 Å². The zero-order valence-corrected chi connectivity index (χ0v) is 18.2. The summed E-state index contributed by atoms with van der Waals surface area (Å²) in [5.41, 5.74) is 2.58. The second kappa shape index (κ2) is 11.4. The maximum Gasteiger partial charge on any atom is 0.414 e. The van der Waals surface area contributed by atoms with Gasteiger partial charge in [-0.2, -0.15) is 0 Å². The van der Waals surface area contributed by atoms with Crippen LogP contribution < -0.4 is 4.74 Å². The van der Waals surface area contributed by atoms with Crippen LogP contribution in [0.1, 0.15) is 11.1 Å². The van der Waals surface area contributed by atoms with Gasteiger partial charge in [0.1, 0.15) is 12.4 Å². The normalized spacial score (nSPS) is 10.0. The van der Waals surface area contributed by atoms with Gasteiger partial charge in [0, 0.05) is 45.1 Å². The Morgan fingerprint density at radius 3 is 2.26 bits per heavy atom. The largest absolute Gasteiger partial charge is 0.488 e. The third-order valence-electron chi connectivity index (χ3n) is 3.84. The van der Waals surface area contributed by atoms with E-state index in [-0.39, 0.29) is 0 Å². The van der Waals surface area contributed by atoms with Crippen LogP contribution in [0.4, 0.5) is 0 Å². The van der Waals surface area contributed by atoms with E-state index in [9.17, 15) is 0 Å². The molecule has 162 valence electrons. The lowest BCUT2D eigenvalue weighted by atomic mass is 10.1. The van der Waals surface area contributed by atoms with E-state index >= 15 is 0 Å². The van der Waals surface area contributed by atoms with Gasteiger partial charge in [-0.3, -0.25) is 0 Å². The van der Waals surface area contributed by atoms with E-state index < -0.39 is 11.9 Å². The molecule has 10 heteroatoms. The maximum atomic E-state index is 9.10. The van der Waals surface area contributed by atoms with Crippen molar-refractivity contribution < 1.29 is 24.5 Å². The summed E-state index contributed by atoms with van der Waals surface area (Å²) in [5, 5.41) is 16.6. The van der Waals surface area contributed by atoms with Crippen LogP contribution in [-0.4, -0.2) is 31.7 Å². The number of carboxylic acid groups (broad SMARTS) is 2. The lowest BCUT2D eigenvalue weighted by Crippen LogP contribution is -2.09. The predicted octanol–water partition coefficient (Wildman–Crippen LogP) is 5.29. The van der Waals surface area contributed by atoms with Crippen LogP contribution in [0, 0.1) is 0 Å². The van der Waals surface area contributed by atoms with Crippen molar-refractivity contribution in [3.63, 3.8) is 0 Å². The van der Waals surface area contributed by atoms with Crippen molar-refractivity contribution in [2.45, 2.75) is 13.2 Å². The van der Waals surface area contributed by atoms with Crippen molar-refractivity contribution in [1.82, 2.24) is 9.55 Å². The lowest BCUT2D eigenvalue weighted by Gasteiger charge is -2.15. The molecular formula is C21H17Cl3N2O5. The Hall–Kier alpha value is -3.00. The zero-order chi connectivity index (χ0) is 23.0. The molecule has 3 aromatic rings. The summed E-state index contributed by atoms with van der Waals surface area (Å²) < 4.78 is 7.90. The number of benzene rings is 2. The molecule has 0 unspecified atom stereocenters. The molecule has 0 saturated heterocycles. The van der Waals surface area contributed by atoms with Gasteiger partial charge in [-0.05, 0) is 35.9 Å². The SMILES string of the molecule is C=C(Cn1ccnc1)c1cc(Cl)ccc1OCc1ccc(Cl)cc1Cl.O=C(O)C(=O)O. The number of carbonyl (C=O) groups is 2. The van der Waals surface area contributed by atoms with Crippen LogP contribution in [0.25, 0.3) is 5.57 Å². The van der Waals surface area contributed by atoms with E-state index in [2.05, 4.69) is 11.6 Å². The zero-order valence-electron chi connectivity index (χ0n) is 16.0. The summed E-state index contributed by atoms with van der Waals surface area (Å²) in [7, 11) is 0. The van der Waals surface area contributed by atoms with Gasteiger partial charge in [0.15, 0.2) is 0 Å². The Morgan fingerprint density at radius 1 is 1.03 bits per heavy atom. The summed E-state index contributed by atoms with van der Waals surface area (Å²) in [6.07, 6.45) is 5.35. The minimum Gasteiger partial charge on any atom is -0.488 e. The molecule has 0 fully saturated rings. The summed E-state index contributed by atoms with van der Waals surface area (Å²) in [5.74, 6) is -2.95. The van der Waals surface area contributed by atoms with Gasteiger partial charge in [-0.15, -0.1) is 0 Å². The maximum absolute atomic E-state index is 9.10. The number of carboxylic acids is 2. The Morgan fingerprint density at radius 2 is 1.68 bits per heavy atom. The number of allylic oxidation sites excluding steroid dienone is 1. The first kappa shape index (κ1) is 24.3. The van der Waals surface area contributed by atoms with Crippen LogP contribution in [0.15, 0.2) is 61.7 Å². The highest BCUT2D eigenvalue weighted by atomic mass is 35.5. The van der Waals surface area contributed by atoms with Crippen molar-refractivity contribution >= 4 is 52.3 Å². The van der Waals surface area contributed by atoms with Gasteiger partial charge in [0.05, 0.1) is 6.33 Å². The average Bonchev–Trinajstić information content (AvgIpc) is 3.21. The van der Waals surface area contributed by atoms with Crippen LogP contribution in [0.3, 0.4) is 0 Å². The number of hydrogen-bond acceptors (Lipinski definition) is 4. The molecular weight excluding hydrogens is 467 g/mol. The van der Waals surface area contributed by atoms with E-state index in [4.69, 9.17) is 59.3 Å². The molecule has 3 rings (SSSR count). The molecule has 0 aliphatic carbocycles. The first-order chi connectivity index (χ1) is 14.7. The van der Waals surface area contributed by atoms with Gasteiger partial charge in [0.2, 0.25) is 0 Å². The van der Waals surface area contributed by atoms with E-state index in [0.717, 1.165) is 16.7 Å². The van der Waals surface area contributed by atoms with E-state index in [1.165, 1.54) is 0 Å². The summed E-state index contributed by atoms with van der Waals surface area (Å²) in [4.78, 5) is 22.2. The van der Waals surface area contributed by atoms with Gasteiger partial charge >= 0.3 is 11.9 Å². The van der Waals surface area contributed by atoms with Crippen LogP contribution in [0.2, 0.25) is 15.1 Å². The van der Waals surface area contributed by atoms with Gasteiger partial charge < -0.3 is 19.5 Å². The number of aliphatic carboxylic acids is 2. The fourth-order valence-corrected chi connectivity index (χ4v) is 3.02. The first-order valence-electron chi connectivity index (χ1n) is 8.63. The third kappa shape index (κ3) is 7.64. The van der Waals surface area contributed by atoms with Crippen molar-refractivity contribution in [3.8, 4) is 5.75 Å². The molecule has 31 heavy (non-hydrogen) atoms. The molecule has 0 atom stereocenters. The van der Waals surface area contributed by atoms with Crippen molar-refractivity contribution in [2.24, 2.45) is 0 Å². The van der Waals surface area contributed by atoms with Crippen LogP contribution in [-0.2, 0) is 22.7 Å². The highest BCUT2D eigenvalue weighted by molar-refractivity contribution is 6.35. The summed E-state index contributed by atoms with van der Waals surface area (Å²) in [6.45, 7) is 5.07. The molecule has 1 aromatic heterocycles. The Balaban J connectivity index is 0.000000501. The number of halogens is 3. The van der Waals surface area contributed by atoms with Gasteiger partial charge in [-0.25, -0.2) is 14.6 Å². The Labute approximate surface area is 193 Å². The fourth-order valence-electron chi connectivity index (χ4n) is 2.38. The minimum absolute atomic E-state index is 0.322. The minimum atomic E-state index is -1.82. The molecule has 0 bridgehead atoms. The topological polar surface area (TPSA) is 102 Å². The average molecular weight is 484 g/mol. The Kier molecular flexibility index (Phi) is 8.93. The molecule has 0 aliphatic heterocycles. The van der Waals surface area contributed by atoms with Gasteiger partial charge in [-0.1, -0.05) is 47.4 Å². The molecule has 1 heterocycles. The monoisotopic (exact) mass is 482 g/mol. The lowest BCUT2D eigenvalue weighted by molar-refractivity contribution is -0.159. The number of aromatic nitrogens is 2. The Bertz CT molecular complexity index is 1070. The number of hydrogen-bond donors (Lipinski definition) is 2. The highest BCUT2D eigenvalue weighted by Gasteiger charge is 2.11. The molecule has 0 amide bonds. The smallest absolute Gasteiger partial charge is 0.414 e. The molecule has 2 aromatic carbocycles. The molecule has 0 spiro atoms. The molecule has 0 saturated carbocycles. The standard InChI is InChI=1S/C19H15Cl3N2O.C2H2O4/c1-13(10-24-7-6-23-12-24)17-8-15(20)4-5-19(17)25-11-14-2-3-16(21)9-18(14)22;3-1(4)2(5)6/h2-9,12H,1,10-11H2;(H,3,4)(H,5,6). The van der Waals surface area contributed by atoms with Crippen molar-refractivity contribution in [1.29, 1.82) is 0 Å². The van der Waals surface area contributed by atoms with E-state index in [0.29, 0.717) is 34.0 Å². The quantitative estimate of drug-likeness (QED) is 0.462. The van der Waals surface area contributed by atoms with E-state index in [1.54, 1.807) is 30.7 Å². The summed E-state index contributed by atoms with van der Waals surface area (Å²) >= 11 is 18.3. The number of nitrogens with zero attached hydrogens (tertiary/aromatic N) is 2. The third-order valence-corrected chi connectivity index (χ3v) is 4.66. The molecule has 0 aliphatic rings. The fraction of sp³-hybridized carbons (Fsp3) is 0.0952. The van der Waals surface area contributed by atoms with E-state index in [1.807, 2.05) is 29.0 Å². The van der Waals surface area contributed by atoms with Crippen LogP contribution in [0.5, 0.6) is 5.75 Å². The molecule has 7 nitrogen and oxygen atoms in total. The van der Waals surface area contributed by atoms with Crippen LogP contribution >= 0.6 is 34.8 Å². The summed E-state index contributed by atoms with van der Waals surface area (Å²) in [6, 6.07) is 10.8. The van der Waals surface area contributed by atoms with Crippen molar-refractivity contribution in [2.75, 3.05) is 0 Å². The predicted molar refractivity (Wildman–Crippen MR) is 119 cm³/mol. The second-order valence-electron chi connectivity index (χ2n) is 6.11. The van der Waals surface area contributed by atoms with Crippen molar-refractivity contribution in [3.05, 3.63) is 87.9 Å². The number of rotatable bonds is 6. The highest BCUT2D eigenvalue weighted by Crippen LogP contribution is 2.31. The first-order valence-corrected chi connectivity index (χ1v) is 9.77. The second-order valence-corrected chi connectivity index (χ2v) is 7.39.